The fourth-order valence-electron chi connectivity index (χ4n) is 1.80. The maximum Gasteiger partial charge on any atom is 0.242 e. The lowest BCUT2D eigenvalue weighted by Gasteiger charge is -2.24. The summed E-state index contributed by atoms with van der Waals surface area (Å²) in [5, 5.41) is 0. The Morgan fingerprint density at radius 1 is 1.05 bits per heavy atom. The highest BCUT2D eigenvalue weighted by atomic mass is 28.4. The second-order valence-corrected chi connectivity index (χ2v) is 16.2. The van der Waals surface area contributed by atoms with E-state index in [1.54, 1.807) is 0 Å². The number of allylic oxidation sites excluding steroid dienone is 1. The highest BCUT2D eigenvalue weighted by Crippen LogP contribution is 2.18. The van der Waals surface area contributed by atoms with Crippen LogP contribution < -0.4 is 4.98 Å². The molecule has 0 saturated heterocycles. The molecule has 4 heteroatoms. The number of nitrogens with one attached hydrogen (secondary N) is 1. The van der Waals surface area contributed by atoms with Crippen LogP contribution in [0.25, 0.3) is 5.70 Å². The van der Waals surface area contributed by atoms with Crippen molar-refractivity contribution in [3.05, 3.63) is 54.3 Å². The van der Waals surface area contributed by atoms with E-state index in [0.717, 1.165) is 11.5 Å². The third-order valence-corrected chi connectivity index (χ3v) is 4.23. The maximum atomic E-state index is 5.95. The van der Waals surface area contributed by atoms with Gasteiger partial charge in [0.05, 0.1) is 5.76 Å². The number of rotatable bonds is 6. The van der Waals surface area contributed by atoms with Gasteiger partial charge in [0.1, 0.15) is 8.24 Å². The third-order valence-electron chi connectivity index (χ3n) is 2.34. The van der Waals surface area contributed by atoms with Gasteiger partial charge >= 0.3 is 0 Å². The molecule has 110 valence electrons. The Hall–Kier alpha value is -1.27. The first kappa shape index (κ1) is 16.8. The Labute approximate surface area is 125 Å². The standard InChI is InChI=1S/C16H27NOSi2/c1-14(18-20(5,6)7)13-16(17-19(2,3)4)15-11-9-8-10-12-15/h8-13,17H,1H2,2-7H3/b16-13-. The molecular weight excluding hydrogens is 278 g/mol. The number of benzene rings is 1. The van der Waals surface area contributed by atoms with Crippen LogP contribution in [-0.2, 0) is 4.43 Å². The van der Waals surface area contributed by atoms with Crippen LogP contribution >= 0.6 is 0 Å². The first-order valence-corrected chi connectivity index (χ1v) is 13.9. The number of hydrogen-bond donors (Lipinski definition) is 1. The normalized spacial score (nSPS) is 13.0. The molecule has 1 N–H and O–H groups in total. The van der Waals surface area contributed by atoms with Crippen LogP contribution in [0.4, 0.5) is 0 Å². The van der Waals surface area contributed by atoms with E-state index in [4.69, 9.17) is 4.43 Å². The van der Waals surface area contributed by atoms with Crippen LogP contribution in [0.15, 0.2) is 48.7 Å². The number of hydrogen-bond acceptors (Lipinski definition) is 2. The molecule has 1 rings (SSSR count). The first-order valence-electron chi connectivity index (χ1n) is 7.00. The molecular formula is C16H27NOSi2. The Morgan fingerprint density at radius 2 is 1.60 bits per heavy atom. The van der Waals surface area contributed by atoms with Crippen LogP contribution in [0.1, 0.15) is 5.56 Å². The second-order valence-electron chi connectivity index (χ2n) is 6.98. The highest BCUT2D eigenvalue weighted by Gasteiger charge is 2.18. The summed E-state index contributed by atoms with van der Waals surface area (Å²) in [6.45, 7) is 17.4. The Kier molecular flexibility index (Phi) is 5.42. The minimum absolute atomic E-state index is 0.744. The summed E-state index contributed by atoms with van der Waals surface area (Å²) in [7, 11) is -3.04. The predicted octanol–water partition coefficient (Wildman–Crippen LogP) is 4.82. The topological polar surface area (TPSA) is 21.3 Å². The third kappa shape index (κ3) is 6.77. The molecule has 2 nitrogen and oxygen atoms in total. The van der Waals surface area contributed by atoms with Gasteiger partial charge in [-0.1, -0.05) is 56.6 Å². The smallest absolute Gasteiger partial charge is 0.242 e. The molecule has 1 aromatic rings. The summed E-state index contributed by atoms with van der Waals surface area (Å²) in [6.07, 6.45) is 2.03. The fraction of sp³-hybridized carbons (Fsp3) is 0.375. The summed E-state index contributed by atoms with van der Waals surface area (Å²) >= 11 is 0. The summed E-state index contributed by atoms with van der Waals surface area (Å²) < 4.78 is 5.95. The molecule has 0 aliphatic carbocycles. The average molecular weight is 306 g/mol. The van der Waals surface area contributed by atoms with Gasteiger partial charge in [-0.3, -0.25) is 0 Å². The molecule has 20 heavy (non-hydrogen) atoms. The zero-order chi connectivity index (χ0) is 15.4. The maximum absolute atomic E-state index is 5.95. The molecule has 0 aliphatic heterocycles. The van der Waals surface area contributed by atoms with Gasteiger partial charge in [-0.15, -0.1) is 0 Å². The molecule has 0 aromatic heterocycles. The van der Waals surface area contributed by atoms with Crippen molar-refractivity contribution in [1.82, 2.24) is 4.98 Å². The van der Waals surface area contributed by atoms with Crippen molar-refractivity contribution < 1.29 is 4.43 Å². The summed E-state index contributed by atoms with van der Waals surface area (Å²) in [5.74, 6) is 0.744. The minimum atomic E-state index is -1.61. The van der Waals surface area contributed by atoms with Crippen molar-refractivity contribution in [3.63, 3.8) is 0 Å². The van der Waals surface area contributed by atoms with Crippen molar-refractivity contribution in [2.45, 2.75) is 39.3 Å². The highest BCUT2D eigenvalue weighted by molar-refractivity contribution is 6.74. The van der Waals surface area contributed by atoms with E-state index < -0.39 is 16.6 Å². The van der Waals surface area contributed by atoms with Crippen LogP contribution in [0.3, 0.4) is 0 Å². The summed E-state index contributed by atoms with van der Waals surface area (Å²) in [5.41, 5.74) is 2.28. The van der Waals surface area contributed by atoms with E-state index in [9.17, 15) is 0 Å². The molecule has 0 fully saturated rings. The quantitative estimate of drug-likeness (QED) is 0.462. The fourth-order valence-corrected chi connectivity index (χ4v) is 3.67. The van der Waals surface area contributed by atoms with Gasteiger partial charge in [0.25, 0.3) is 0 Å². The SMILES string of the molecule is C=C(/C=C(\N[Si](C)(C)C)c1ccccc1)O[Si](C)(C)C. The molecule has 0 amide bonds. The van der Waals surface area contributed by atoms with Gasteiger partial charge < -0.3 is 9.41 Å². The van der Waals surface area contributed by atoms with Gasteiger partial charge in [-0.25, -0.2) is 0 Å². The van der Waals surface area contributed by atoms with Crippen LogP contribution in [0.2, 0.25) is 39.3 Å². The monoisotopic (exact) mass is 305 g/mol. The van der Waals surface area contributed by atoms with E-state index >= 15 is 0 Å². The van der Waals surface area contributed by atoms with Crippen molar-refractivity contribution in [3.8, 4) is 0 Å². The molecule has 1 aromatic carbocycles. The van der Waals surface area contributed by atoms with E-state index in [2.05, 4.69) is 75.1 Å². The van der Waals surface area contributed by atoms with Crippen molar-refractivity contribution in [2.24, 2.45) is 0 Å². The van der Waals surface area contributed by atoms with Crippen LogP contribution in [0.5, 0.6) is 0 Å². The minimum Gasteiger partial charge on any atom is -0.545 e. The average Bonchev–Trinajstić information content (AvgIpc) is 2.25. The molecule has 0 heterocycles. The lowest BCUT2D eigenvalue weighted by Crippen LogP contribution is -2.39. The van der Waals surface area contributed by atoms with Crippen molar-refractivity contribution in [1.29, 1.82) is 0 Å². The zero-order valence-corrected chi connectivity index (χ0v) is 15.6. The van der Waals surface area contributed by atoms with Crippen molar-refractivity contribution >= 4 is 22.2 Å². The largest absolute Gasteiger partial charge is 0.545 e. The van der Waals surface area contributed by atoms with Crippen LogP contribution in [0, 0.1) is 0 Å². The molecule has 0 radical (unpaired) electrons. The van der Waals surface area contributed by atoms with E-state index in [1.165, 1.54) is 5.56 Å². The molecule has 0 unspecified atom stereocenters. The summed E-state index contributed by atoms with van der Waals surface area (Å²) in [6, 6.07) is 10.4. The lowest BCUT2D eigenvalue weighted by molar-refractivity contribution is 0.444. The van der Waals surface area contributed by atoms with Crippen LogP contribution in [-0.4, -0.2) is 16.6 Å². The Balaban J connectivity index is 3.02. The first-order chi connectivity index (χ1) is 9.07. The van der Waals surface area contributed by atoms with E-state index in [1.807, 2.05) is 12.1 Å². The van der Waals surface area contributed by atoms with Gasteiger partial charge in [-0.05, 0) is 25.2 Å². The van der Waals surface area contributed by atoms with Gasteiger partial charge in [0.15, 0.2) is 0 Å². The second kappa shape index (κ2) is 6.46. The Morgan fingerprint density at radius 3 is 2.05 bits per heavy atom. The molecule has 0 saturated carbocycles. The molecule has 0 aliphatic rings. The van der Waals surface area contributed by atoms with E-state index in [-0.39, 0.29) is 0 Å². The van der Waals surface area contributed by atoms with Crippen molar-refractivity contribution in [2.75, 3.05) is 0 Å². The lowest BCUT2D eigenvalue weighted by atomic mass is 10.1. The van der Waals surface area contributed by atoms with Gasteiger partial charge in [0.2, 0.25) is 8.32 Å². The zero-order valence-electron chi connectivity index (χ0n) is 13.6. The predicted molar refractivity (Wildman–Crippen MR) is 94.5 cm³/mol. The Bertz CT molecular complexity index is 481. The van der Waals surface area contributed by atoms with Gasteiger partial charge in [0, 0.05) is 11.8 Å². The molecule has 0 bridgehead atoms. The molecule has 0 spiro atoms. The van der Waals surface area contributed by atoms with E-state index in [0.29, 0.717) is 0 Å². The van der Waals surface area contributed by atoms with Gasteiger partial charge in [-0.2, -0.15) is 0 Å². The summed E-state index contributed by atoms with van der Waals surface area (Å²) in [4.78, 5) is 3.66. The molecule has 0 atom stereocenters.